The molecular formula is C13H14N2O5. The van der Waals surface area contributed by atoms with Crippen molar-refractivity contribution in [1.29, 1.82) is 0 Å². The molecule has 7 nitrogen and oxygen atoms in total. The van der Waals surface area contributed by atoms with Gasteiger partial charge in [-0.3, -0.25) is 4.79 Å². The second kappa shape index (κ2) is 5.38. The monoisotopic (exact) mass is 278 g/mol. The van der Waals surface area contributed by atoms with Crippen molar-refractivity contribution >= 4 is 23.0 Å². The summed E-state index contributed by atoms with van der Waals surface area (Å²) >= 11 is 0. The van der Waals surface area contributed by atoms with Crippen LogP contribution in [0.25, 0.3) is 11.1 Å². The number of fused-ring (bicyclic) bond motifs is 1. The highest BCUT2D eigenvalue weighted by Crippen LogP contribution is 2.16. The van der Waals surface area contributed by atoms with Crippen molar-refractivity contribution < 1.29 is 23.5 Å². The van der Waals surface area contributed by atoms with Gasteiger partial charge in [0, 0.05) is 25.2 Å². The first-order valence-electron chi connectivity index (χ1n) is 6.33. The lowest BCUT2D eigenvalue weighted by molar-refractivity contribution is -0.138. The van der Waals surface area contributed by atoms with Crippen molar-refractivity contribution in [2.45, 2.75) is 0 Å². The van der Waals surface area contributed by atoms with Crippen molar-refractivity contribution in [3.05, 3.63) is 24.1 Å². The summed E-state index contributed by atoms with van der Waals surface area (Å²) in [6.07, 6.45) is 1.53. The van der Waals surface area contributed by atoms with Gasteiger partial charge in [-0.25, -0.2) is 4.79 Å². The van der Waals surface area contributed by atoms with Gasteiger partial charge >= 0.3 is 5.97 Å². The van der Waals surface area contributed by atoms with Crippen LogP contribution in [0.1, 0.15) is 10.5 Å². The number of aromatic amines is 1. The zero-order valence-corrected chi connectivity index (χ0v) is 10.8. The Morgan fingerprint density at radius 1 is 1.35 bits per heavy atom. The van der Waals surface area contributed by atoms with Crippen molar-refractivity contribution in [1.82, 2.24) is 9.88 Å². The summed E-state index contributed by atoms with van der Waals surface area (Å²) < 4.78 is 15.3. The number of nitrogens with zero attached hydrogens (tertiary/aromatic N) is 1. The fourth-order valence-corrected chi connectivity index (χ4v) is 2.07. The van der Waals surface area contributed by atoms with Crippen LogP contribution < -0.4 is 0 Å². The summed E-state index contributed by atoms with van der Waals surface area (Å²) in [4.78, 5) is 28.1. The maximum absolute atomic E-state index is 11.8. The number of amides is 1. The molecule has 1 saturated heterocycles. The first kappa shape index (κ1) is 12.7. The van der Waals surface area contributed by atoms with Crippen LogP contribution in [0.3, 0.4) is 0 Å². The summed E-state index contributed by atoms with van der Waals surface area (Å²) in [6, 6.07) is 3.27. The fraction of sp³-hybridized carbons (Fsp3) is 0.385. The number of carbonyl (C=O) groups excluding carboxylic acids is 2. The lowest BCUT2D eigenvalue weighted by atomic mass is 10.4. The third-order valence-corrected chi connectivity index (χ3v) is 3.15. The molecule has 1 fully saturated rings. The van der Waals surface area contributed by atoms with Gasteiger partial charge in [0.25, 0.3) is 5.91 Å². The lowest BCUT2D eigenvalue weighted by Gasteiger charge is -2.26. The third kappa shape index (κ3) is 2.53. The highest BCUT2D eigenvalue weighted by atomic mass is 16.5. The summed E-state index contributed by atoms with van der Waals surface area (Å²) in [6.45, 7) is 1.84. The fourth-order valence-electron chi connectivity index (χ4n) is 2.07. The number of rotatable bonds is 3. The average Bonchev–Trinajstić information content (AvgIpc) is 3.06. The molecule has 0 atom stereocenters. The van der Waals surface area contributed by atoms with E-state index in [9.17, 15) is 9.59 Å². The van der Waals surface area contributed by atoms with E-state index in [0.29, 0.717) is 31.9 Å². The van der Waals surface area contributed by atoms with Gasteiger partial charge in [-0.05, 0) is 0 Å². The number of nitrogens with one attached hydrogen (secondary N) is 1. The maximum Gasteiger partial charge on any atom is 0.355 e. The molecule has 0 radical (unpaired) electrons. The molecule has 0 aliphatic carbocycles. The molecule has 1 N–H and O–H groups in total. The predicted octanol–water partition coefficient (Wildman–Crippen LogP) is 0.776. The minimum Gasteiger partial charge on any atom is -0.463 e. The van der Waals surface area contributed by atoms with Crippen LogP contribution in [0.4, 0.5) is 0 Å². The molecule has 2 aromatic heterocycles. The summed E-state index contributed by atoms with van der Waals surface area (Å²) in [5, 5.41) is 0. The first-order valence-corrected chi connectivity index (χ1v) is 6.33. The molecule has 0 saturated carbocycles. The van der Waals surface area contributed by atoms with Crippen LogP contribution in [0.5, 0.6) is 0 Å². The molecule has 20 heavy (non-hydrogen) atoms. The van der Waals surface area contributed by atoms with Gasteiger partial charge < -0.3 is 23.8 Å². The summed E-state index contributed by atoms with van der Waals surface area (Å²) in [5.41, 5.74) is 1.57. The van der Waals surface area contributed by atoms with Crippen LogP contribution in [-0.2, 0) is 14.3 Å². The second-order valence-corrected chi connectivity index (χ2v) is 4.45. The maximum atomic E-state index is 11.8. The molecule has 3 rings (SSSR count). The Hall–Kier alpha value is -2.28. The van der Waals surface area contributed by atoms with E-state index < -0.39 is 5.97 Å². The predicted molar refractivity (Wildman–Crippen MR) is 68.2 cm³/mol. The van der Waals surface area contributed by atoms with Gasteiger partial charge in [-0.2, -0.15) is 0 Å². The minimum absolute atomic E-state index is 0.211. The Bertz CT molecular complexity index is 595. The highest BCUT2D eigenvalue weighted by Gasteiger charge is 2.19. The smallest absolute Gasteiger partial charge is 0.355 e. The van der Waals surface area contributed by atoms with E-state index in [2.05, 4.69) is 4.98 Å². The Balaban J connectivity index is 1.56. The van der Waals surface area contributed by atoms with Gasteiger partial charge in [-0.15, -0.1) is 0 Å². The number of esters is 1. The number of hydrogen-bond donors (Lipinski definition) is 1. The largest absolute Gasteiger partial charge is 0.463 e. The number of aromatic nitrogens is 1. The molecule has 7 heteroatoms. The van der Waals surface area contributed by atoms with E-state index in [-0.39, 0.29) is 18.2 Å². The normalized spacial score (nSPS) is 15.5. The Morgan fingerprint density at radius 2 is 2.15 bits per heavy atom. The molecule has 0 aromatic carbocycles. The molecule has 2 aromatic rings. The second-order valence-electron chi connectivity index (χ2n) is 4.45. The van der Waals surface area contributed by atoms with E-state index in [0.717, 1.165) is 5.52 Å². The topological polar surface area (TPSA) is 84.8 Å². The van der Waals surface area contributed by atoms with Crippen LogP contribution in [0.2, 0.25) is 0 Å². The number of ether oxygens (including phenoxy) is 2. The Kier molecular flexibility index (Phi) is 3.42. The van der Waals surface area contributed by atoms with Gasteiger partial charge in [0.05, 0.1) is 25.0 Å². The van der Waals surface area contributed by atoms with Crippen LogP contribution >= 0.6 is 0 Å². The summed E-state index contributed by atoms with van der Waals surface area (Å²) in [5.74, 6) is -0.782. The quantitative estimate of drug-likeness (QED) is 0.838. The third-order valence-electron chi connectivity index (χ3n) is 3.15. The zero-order chi connectivity index (χ0) is 13.9. The van der Waals surface area contributed by atoms with Gasteiger partial charge in [-0.1, -0.05) is 0 Å². The number of carbonyl (C=O) groups is 2. The Morgan fingerprint density at radius 3 is 2.90 bits per heavy atom. The van der Waals surface area contributed by atoms with Crippen molar-refractivity contribution in [3.8, 4) is 0 Å². The molecule has 3 heterocycles. The number of furan rings is 1. The Labute approximate surface area is 114 Å². The molecule has 1 aliphatic heterocycles. The van der Waals surface area contributed by atoms with Crippen LogP contribution in [0, 0.1) is 0 Å². The van der Waals surface area contributed by atoms with E-state index in [1.165, 1.54) is 6.26 Å². The molecule has 0 bridgehead atoms. The van der Waals surface area contributed by atoms with E-state index >= 15 is 0 Å². The van der Waals surface area contributed by atoms with Gasteiger partial charge in [0.15, 0.2) is 12.2 Å². The van der Waals surface area contributed by atoms with E-state index in [1.54, 1.807) is 17.0 Å². The van der Waals surface area contributed by atoms with Gasteiger partial charge in [0.2, 0.25) is 0 Å². The van der Waals surface area contributed by atoms with E-state index in [4.69, 9.17) is 13.9 Å². The van der Waals surface area contributed by atoms with Crippen LogP contribution in [0.15, 0.2) is 22.8 Å². The van der Waals surface area contributed by atoms with Crippen molar-refractivity contribution in [3.63, 3.8) is 0 Å². The highest BCUT2D eigenvalue weighted by molar-refractivity contribution is 5.94. The number of morpholine rings is 1. The first-order chi connectivity index (χ1) is 9.74. The standard InChI is InChI=1S/C13H14N2O5/c16-12(15-2-5-18-6-3-15)8-20-13(17)10-7-11-9(14-10)1-4-19-11/h1,4,7,14H,2-3,5-6,8H2. The minimum atomic E-state index is -0.571. The molecule has 1 aliphatic rings. The number of hydrogen-bond acceptors (Lipinski definition) is 5. The number of H-pyrrole nitrogens is 1. The molecule has 106 valence electrons. The molecule has 1 amide bonds. The zero-order valence-electron chi connectivity index (χ0n) is 10.8. The van der Waals surface area contributed by atoms with Gasteiger partial charge in [0.1, 0.15) is 5.69 Å². The van der Waals surface area contributed by atoms with Crippen molar-refractivity contribution in [2.75, 3.05) is 32.9 Å². The summed E-state index contributed by atoms with van der Waals surface area (Å²) in [7, 11) is 0. The molecule has 0 spiro atoms. The lowest BCUT2D eigenvalue weighted by Crippen LogP contribution is -2.42. The molecular weight excluding hydrogens is 264 g/mol. The SMILES string of the molecule is O=C(OCC(=O)N1CCOCC1)c1cc2occc2[nH]1. The van der Waals surface area contributed by atoms with Crippen molar-refractivity contribution in [2.24, 2.45) is 0 Å². The average molecular weight is 278 g/mol. The molecule has 0 unspecified atom stereocenters. The van der Waals surface area contributed by atoms with Crippen LogP contribution in [-0.4, -0.2) is 54.7 Å². The van der Waals surface area contributed by atoms with E-state index in [1.807, 2.05) is 0 Å².